The highest BCUT2D eigenvalue weighted by molar-refractivity contribution is 5.92. The van der Waals surface area contributed by atoms with E-state index in [1.165, 1.54) is 0 Å². The monoisotopic (exact) mass is 302 g/mol. The maximum atomic E-state index is 11.9. The molecule has 0 aromatic heterocycles. The van der Waals surface area contributed by atoms with Gasteiger partial charge in [-0.05, 0) is 31.5 Å². The molecule has 0 saturated heterocycles. The van der Waals surface area contributed by atoms with Crippen molar-refractivity contribution >= 4 is 24.0 Å². The minimum absolute atomic E-state index is 0. The standard InChI is InChI=1S/C14H22N2O3.ClH/c1-4-19-13-7-10(2)5-6-12(13)16-14(17)8-11(9-15)18-3;/h5-7,11H,4,8-9,15H2,1-3H3,(H,16,17);1H. The Morgan fingerprint density at radius 3 is 2.70 bits per heavy atom. The molecule has 1 aromatic rings. The summed E-state index contributed by atoms with van der Waals surface area (Å²) in [7, 11) is 1.54. The third kappa shape index (κ3) is 5.77. The second-order valence-electron chi connectivity index (χ2n) is 4.28. The fourth-order valence-electron chi connectivity index (χ4n) is 1.68. The molecule has 20 heavy (non-hydrogen) atoms. The molecule has 6 heteroatoms. The van der Waals surface area contributed by atoms with Crippen LogP contribution >= 0.6 is 12.4 Å². The number of rotatable bonds is 7. The molecule has 1 rings (SSSR count). The van der Waals surface area contributed by atoms with Crippen LogP contribution in [0.1, 0.15) is 18.9 Å². The van der Waals surface area contributed by atoms with E-state index in [2.05, 4.69) is 5.32 Å². The van der Waals surface area contributed by atoms with E-state index < -0.39 is 0 Å². The molecule has 0 saturated carbocycles. The number of benzene rings is 1. The lowest BCUT2D eigenvalue weighted by Crippen LogP contribution is -2.28. The summed E-state index contributed by atoms with van der Waals surface area (Å²) in [4.78, 5) is 11.9. The zero-order valence-electron chi connectivity index (χ0n) is 12.1. The highest BCUT2D eigenvalue weighted by atomic mass is 35.5. The highest BCUT2D eigenvalue weighted by Gasteiger charge is 2.13. The van der Waals surface area contributed by atoms with Crippen molar-refractivity contribution in [1.29, 1.82) is 0 Å². The van der Waals surface area contributed by atoms with E-state index in [-0.39, 0.29) is 30.8 Å². The third-order valence-electron chi connectivity index (χ3n) is 2.72. The smallest absolute Gasteiger partial charge is 0.227 e. The first-order chi connectivity index (χ1) is 9.10. The molecule has 0 aliphatic rings. The first-order valence-corrected chi connectivity index (χ1v) is 6.36. The highest BCUT2D eigenvalue weighted by Crippen LogP contribution is 2.26. The molecule has 0 fully saturated rings. The molecule has 1 aromatic carbocycles. The molecule has 0 aliphatic heterocycles. The fraction of sp³-hybridized carbons (Fsp3) is 0.500. The summed E-state index contributed by atoms with van der Waals surface area (Å²) in [5, 5.41) is 2.82. The summed E-state index contributed by atoms with van der Waals surface area (Å²) in [6.45, 7) is 4.75. The van der Waals surface area contributed by atoms with Crippen molar-refractivity contribution in [2.75, 3.05) is 25.6 Å². The summed E-state index contributed by atoms with van der Waals surface area (Å²) in [6.07, 6.45) is -0.0344. The number of carbonyl (C=O) groups is 1. The SMILES string of the molecule is CCOc1cc(C)ccc1NC(=O)CC(CN)OC.Cl. The van der Waals surface area contributed by atoms with Gasteiger partial charge >= 0.3 is 0 Å². The number of nitrogens with two attached hydrogens (primary N) is 1. The number of ether oxygens (including phenoxy) is 2. The van der Waals surface area contributed by atoms with Crippen molar-refractivity contribution < 1.29 is 14.3 Å². The summed E-state index contributed by atoms with van der Waals surface area (Å²) in [6, 6.07) is 5.66. The van der Waals surface area contributed by atoms with E-state index in [0.29, 0.717) is 24.6 Å². The second-order valence-corrected chi connectivity index (χ2v) is 4.28. The fourth-order valence-corrected chi connectivity index (χ4v) is 1.68. The van der Waals surface area contributed by atoms with Gasteiger partial charge in [0.25, 0.3) is 0 Å². The van der Waals surface area contributed by atoms with Gasteiger partial charge in [-0.15, -0.1) is 12.4 Å². The van der Waals surface area contributed by atoms with Gasteiger partial charge in [0.2, 0.25) is 5.91 Å². The number of carbonyl (C=O) groups excluding carboxylic acids is 1. The zero-order chi connectivity index (χ0) is 14.3. The van der Waals surface area contributed by atoms with Crippen molar-refractivity contribution in [2.24, 2.45) is 5.73 Å². The number of amides is 1. The average Bonchev–Trinajstić information content (AvgIpc) is 2.39. The third-order valence-corrected chi connectivity index (χ3v) is 2.72. The lowest BCUT2D eigenvalue weighted by molar-refractivity contribution is -0.118. The van der Waals surface area contributed by atoms with Crippen LogP contribution in [0.3, 0.4) is 0 Å². The van der Waals surface area contributed by atoms with E-state index in [9.17, 15) is 4.79 Å². The molecule has 1 unspecified atom stereocenters. The normalized spacial score (nSPS) is 11.4. The largest absolute Gasteiger partial charge is 0.492 e. The number of halogens is 1. The minimum atomic E-state index is -0.263. The Labute approximate surface area is 126 Å². The first-order valence-electron chi connectivity index (χ1n) is 6.36. The Morgan fingerprint density at radius 2 is 2.15 bits per heavy atom. The molecule has 5 nitrogen and oxygen atoms in total. The topological polar surface area (TPSA) is 73.6 Å². The van der Waals surface area contributed by atoms with Crippen molar-refractivity contribution in [3.8, 4) is 5.75 Å². The van der Waals surface area contributed by atoms with E-state index >= 15 is 0 Å². The Morgan fingerprint density at radius 1 is 1.45 bits per heavy atom. The number of hydrogen-bond donors (Lipinski definition) is 2. The van der Waals surface area contributed by atoms with Crippen LogP contribution in [0.4, 0.5) is 5.69 Å². The van der Waals surface area contributed by atoms with Gasteiger partial charge in [-0.2, -0.15) is 0 Å². The predicted octanol–water partition coefficient (Wildman–Crippen LogP) is 2.12. The van der Waals surface area contributed by atoms with E-state index in [1.807, 2.05) is 32.0 Å². The van der Waals surface area contributed by atoms with Crippen LogP contribution in [0, 0.1) is 6.92 Å². The van der Waals surface area contributed by atoms with Crippen LogP contribution in [0.2, 0.25) is 0 Å². The first kappa shape index (κ1) is 18.7. The van der Waals surface area contributed by atoms with E-state index in [4.69, 9.17) is 15.2 Å². The van der Waals surface area contributed by atoms with Crippen LogP contribution in [-0.4, -0.2) is 32.3 Å². The van der Waals surface area contributed by atoms with Crippen LogP contribution in [0.25, 0.3) is 0 Å². The van der Waals surface area contributed by atoms with Crippen LogP contribution in [0.5, 0.6) is 5.75 Å². The van der Waals surface area contributed by atoms with Gasteiger partial charge in [-0.1, -0.05) is 6.07 Å². The predicted molar refractivity (Wildman–Crippen MR) is 82.7 cm³/mol. The number of anilines is 1. The summed E-state index contributed by atoms with van der Waals surface area (Å²) in [5.74, 6) is 0.541. The van der Waals surface area contributed by atoms with Gasteiger partial charge < -0.3 is 20.5 Å². The summed E-state index contributed by atoms with van der Waals surface area (Å²) >= 11 is 0. The van der Waals surface area contributed by atoms with Gasteiger partial charge in [0.1, 0.15) is 5.75 Å². The number of methoxy groups -OCH3 is 1. The van der Waals surface area contributed by atoms with Crippen LogP contribution in [0.15, 0.2) is 18.2 Å². The molecule has 0 spiro atoms. The van der Waals surface area contributed by atoms with Gasteiger partial charge in [0, 0.05) is 13.7 Å². The van der Waals surface area contributed by atoms with E-state index in [0.717, 1.165) is 5.56 Å². The summed E-state index contributed by atoms with van der Waals surface area (Å²) in [5.41, 5.74) is 7.25. The van der Waals surface area contributed by atoms with Gasteiger partial charge in [-0.25, -0.2) is 0 Å². The quantitative estimate of drug-likeness (QED) is 0.809. The summed E-state index contributed by atoms with van der Waals surface area (Å²) < 4.78 is 10.6. The van der Waals surface area contributed by atoms with Crippen molar-refractivity contribution in [3.05, 3.63) is 23.8 Å². The number of aryl methyl sites for hydroxylation is 1. The number of nitrogens with one attached hydrogen (secondary N) is 1. The minimum Gasteiger partial charge on any atom is -0.492 e. The van der Waals surface area contributed by atoms with Gasteiger partial charge in [0.05, 0.1) is 24.8 Å². The lowest BCUT2D eigenvalue weighted by Gasteiger charge is -2.15. The van der Waals surface area contributed by atoms with Crippen LogP contribution in [-0.2, 0) is 9.53 Å². The Bertz CT molecular complexity index is 423. The van der Waals surface area contributed by atoms with Crippen molar-refractivity contribution in [2.45, 2.75) is 26.4 Å². The second kappa shape index (κ2) is 9.58. The molecule has 0 bridgehead atoms. The zero-order valence-corrected chi connectivity index (χ0v) is 13.0. The van der Waals surface area contributed by atoms with Gasteiger partial charge in [0.15, 0.2) is 0 Å². The van der Waals surface area contributed by atoms with E-state index in [1.54, 1.807) is 7.11 Å². The van der Waals surface area contributed by atoms with Crippen LogP contribution < -0.4 is 15.8 Å². The number of hydrogen-bond acceptors (Lipinski definition) is 4. The molecule has 0 aliphatic carbocycles. The maximum Gasteiger partial charge on any atom is 0.227 e. The molecule has 3 N–H and O–H groups in total. The molecule has 1 atom stereocenters. The molecule has 114 valence electrons. The molecule has 0 heterocycles. The molecular formula is C14H23ClN2O3. The Hall–Kier alpha value is -1.30. The van der Waals surface area contributed by atoms with Crippen molar-refractivity contribution in [1.82, 2.24) is 0 Å². The Kier molecular flexibility index (Phi) is 8.96. The van der Waals surface area contributed by atoms with Gasteiger partial charge in [-0.3, -0.25) is 4.79 Å². The lowest BCUT2D eigenvalue weighted by atomic mass is 10.2. The average molecular weight is 303 g/mol. The molecule has 1 amide bonds. The molecule has 0 radical (unpaired) electrons. The Balaban J connectivity index is 0.00000361. The maximum absolute atomic E-state index is 11.9. The van der Waals surface area contributed by atoms with Crippen molar-refractivity contribution in [3.63, 3.8) is 0 Å². The molecular weight excluding hydrogens is 280 g/mol.